The second kappa shape index (κ2) is 5.40. The van der Waals surface area contributed by atoms with E-state index in [2.05, 4.69) is 12.0 Å². The number of halogens is 1. The number of nitrogens with zero attached hydrogens (tertiary/aromatic N) is 2. The Morgan fingerprint density at radius 1 is 1.59 bits per heavy atom. The van der Waals surface area contributed by atoms with Crippen LogP contribution in [0.5, 0.6) is 0 Å². The van der Waals surface area contributed by atoms with Crippen LogP contribution in [-0.2, 0) is 6.54 Å². The van der Waals surface area contributed by atoms with E-state index < -0.39 is 6.10 Å². The molecule has 0 bridgehead atoms. The highest BCUT2D eigenvalue weighted by Crippen LogP contribution is 2.38. The van der Waals surface area contributed by atoms with Crippen molar-refractivity contribution in [3.8, 4) is 0 Å². The van der Waals surface area contributed by atoms with Crippen molar-refractivity contribution in [2.75, 3.05) is 0 Å². The molecule has 3 nitrogen and oxygen atoms in total. The smallest absolute Gasteiger partial charge is 0.0999 e. The zero-order valence-corrected chi connectivity index (χ0v) is 11.3. The standard InChI is InChI=1S/C13H21ClN2O/c1-3-16-12(11(14)8-15-16)13(17)10-6-4-5-9(2)7-10/h8-10,13,17H,3-7H2,1-2H3. The van der Waals surface area contributed by atoms with Gasteiger partial charge in [-0.25, -0.2) is 0 Å². The average molecular weight is 257 g/mol. The highest BCUT2D eigenvalue weighted by atomic mass is 35.5. The van der Waals surface area contributed by atoms with Crippen molar-refractivity contribution >= 4 is 11.6 Å². The predicted molar refractivity (Wildman–Crippen MR) is 69.0 cm³/mol. The lowest BCUT2D eigenvalue weighted by atomic mass is 9.79. The number of aryl methyl sites for hydroxylation is 1. The number of aromatic nitrogens is 2. The first-order valence-corrected chi connectivity index (χ1v) is 6.90. The molecule has 1 aromatic heterocycles. The number of hydrogen-bond donors (Lipinski definition) is 1. The zero-order chi connectivity index (χ0) is 12.4. The second-order valence-corrected chi connectivity index (χ2v) is 5.58. The average Bonchev–Trinajstić information content (AvgIpc) is 2.69. The molecule has 1 heterocycles. The monoisotopic (exact) mass is 256 g/mol. The molecule has 0 aliphatic heterocycles. The van der Waals surface area contributed by atoms with E-state index in [4.69, 9.17) is 11.6 Å². The Kier molecular flexibility index (Phi) is 4.10. The second-order valence-electron chi connectivity index (χ2n) is 5.17. The topological polar surface area (TPSA) is 38.0 Å². The number of aliphatic hydroxyl groups excluding tert-OH is 1. The van der Waals surface area contributed by atoms with Crippen LogP contribution in [0.1, 0.15) is 51.3 Å². The van der Waals surface area contributed by atoms with E-state index >= 15 is 0 Å². The van der Waals surface area contributed by atoms with E-state index in [1.54, 1.807) is 6.20 Å². The van der Waals surface area contributed by atoms with Gasteiger partial charge in [-0.05, 0) is 31.6 Å². The molecule has 0 spiro atoms. The molecule has 17 heavy (non-hydrogen) atoms. The lowest BCUT2D eigenvalue weighted by molar-refractivity contribution is 0.0643. The van der Waals surface area contributed by atoms with Gasteiger partial charge in [0, 0.05) is 6.54 Å². The molecule has 96 valence electrons. The lowest BCUT2D eigenvalue weighted by Crippen LogP contribution is -2.22. The minimum Gasteiger partial charge on any atom is -0.386 e. The normalized spacial score (nSPS) is 27.1. The fourth-order valence-corrected chi connectivity index (χ4v) is 3.16. The third-order valence-electron chi connectivity index (χ3n) is 3.84. The Morgan fingerprint density at radius 2 is 2.35 bits per heavy atom. The van der Waals surface area contributed by atoms with E-state index in [0.29, 0.717) is 16.9 Å². The first-order chi connectivity index (χ1) is 8.13. The summed E-state index contributed by atoms with van der Waals surface area (Å²) in [6.45, 7) is 5.03. The minimum atomic E-state index is -0.465. The maximum Gasteiger partial charge on any atom is 0.0999 e. The SMILES string of the molecule is CCn1ncc(Cl)c1C(O)C1CCCC(C)C1. The van der Waals surface area contributed by atoms with Gasteiger partial charge in [0.1, 0.15) is 0 Å². The molecule has 2 rings (SSSR count). The third kappa shape index (κ3) is 2.66. The largest absolute Gasteiger partial charge is 0.386 e. The summed E-state index contributed by atoms with van der Waals surface area (Å²) in [5.41, 5.74) is 0.799. The van der Waals surface area contributed by atoms with Gasteiger partial charge in [-0.1, -0.05) is 31.4 Å². The van der Waals surface area contributed by atoms with Gasteiger partial charge in [-0.2, -0.15) is 5.10 Å². The Hall–Kier alpha value is -0.540. The van der Waals surface area contributed by atoms with Crippen molar-refractivity contribution in [3.05, 3.63) is 16.9 Å². The van der Waals surface area contributed by atoms with E-state index in [0.717, 1.165) is 25.1 Å². The zero-order valence-electron chi connectivity index (χ0n) is 10.6. The molecule has 1 aromatic rings. The van der Waals surface area contributed by atoms with Gasteiger partial charge in [-0.3, -0.25) is 4.68 Å². The summed E-state index contributed by atoms with van der Waals surface area (Å²) < 4.78 is 1.81. The molecule has 0 aromatic carbocycles. The molecule has 4 heteroatoms. The van der Waals surface area contributed by atoms with Crippen molar-refractivity contribution < 1.29 is 5.11 Å². The first kappa shape index (κ1) is 12.9. The van der Waals surface area contributed by atoms with Crippen LogP contribution in [0.4, 0.5) is 0 Å². The van der Waals surface area contributed by atoms with Gasteiger partial charge in [0.25, 0.3) is 0 Å². The van der Waals surface area contributed by atoms with Crippen LogP contribution in [0.25, 0.3) is 0 Å². The molecule has 0 radical (unpaired) electrons. The fraction of sp³-hybridized carbons (Fsp3) is 0.769. The van der Waals surface area contributed by atoms with Crippen molar-refractivity contribution in [2.45, 2.75) is 52.2 Å². The van der Waals surface area contributed by atoms with Gasteiger partial charge in [0.15, 0.2) is 0 Å². The summed E-state index contributed by atoms with van der Waals surface area (Å²) >= 11 is 6.13. The van der Waals surface area contributed by atoms with Crippen molar-refractivity contribution in [1.29, 1.82) is 0 Å². The highest BCUT2D eigenvalue weighted by Gasteiger charge is 2.29. The van der Waals surface area contributed by atoms with Crippen LogP contribution < -0.4 is 0 Å². The van der Waals surface area contributed by atoms with Gasteiger partial charge < -0.3 is 5.11 Å². The van der Waals surface area contributed by atoms with Gasteiger partial charge >= 0.3 is 0 Å². The maximum absolute atomic E-state index is 10.5. The molecule has 1 aliphatic carbocycles. The molecule has 0 saturated heterocycles. The number of aliphatic hydroxyl groups is 1. The summed E-state index contributed by atoms with van der Waals surface area (Å²) in [6, 6.07) is 0. The molecule has 1 saturated carbocycles. The molecule has 1 fully saturated rings. The number of rotatable bonds is 3. The summed E-state index contributed by atoms with van der Waals surface area (Å²) in [6.07, 6.45) is 5.84. The lowest BCUT2D eigenvalue weighted by Gasteiger charge is -2.30. The Labute approximate surface area is 108 Å². The Morgan fingerprint density at radius 3 is 3.00 bits per heavy atom. The van der Waals surface area contributed by atoms with Crippen LogP contribution >= 0.6 is 11.6 Å². The minimum absolute atomic E-state index is 0.332. The van der Waals surface area contributed by atoms with E-state index in [1.165, 1.54) is 12.8 Å². The van der Waals surface area contributed by atoms with Gasteiger partial charge in [-0.15, -0.1) is 0 Å². The predicted octanol–water partition coefficient (Wildman–Crippen LogP) is 3.42. The Bertz CT molecular complexity index is 377. The van der Waals surface area contributed by atoms with Gasteiger partial charge in [0.05, 0.1) is 23.0 Å². The van der Waals surface area contributed by atoms with Crippen LogP contribution in [0.2, 0.25) is 5.02 Å². The van der Waals surface area contributed by atoms with Crippen LogP contribution in [0, 0.1) is 11.8 Å². The van der Waals surface area contributed by atoms with Crippen LogP contribution in [0.15, 0.2) is 6.20 Å². The van der Waals surface area contributed by atoms with Crippen molar-refractivity contribution in [2.24, 2.45) is 11.8 Å². The molecule has 1 aliphatic rings. The summed E-state index contributed by atoms with van der Waals surface area (Å²) in [4.78, 5) is 0. The molecular formula is C13H21ClN2O. The maximum atomic E-state index is 10.5. The van der Waals surface area contributed by atoms with Crippen LogP contribution in [-0.4, -0.2) is 14.9 Å². The van der Waals surface area contributed by atoms with Crippen LogP contribution in [0.3, 0.4) is 0 Å². The summed E-state index contributed by atoms with van der Waals surface area (Å²) in [5.74, 6) is 1.04. The summed E-state index contributed by atoms with van der Waals surface area (Å²) in [5, 5.41) is 15.3. The third-order valence-corrected chi connectivity index (χ3v) is 4.13. The van der Waals surface area contributed by atoms with E-state index in [-0.39, 0.29) is 0 Å². The molecule has 3 atom stereocenters. The molecule has 1 N–H and O–H groups in total. The first-order valence-electron chi connectivity index (χ1n) is 6.52. The number of hydrogen-bond acceptors (Lipinski definition) is 2. The van der Waals surface area contributed by atoms with Crippen molar-refractivity contribution in [3.63, 3.8) is 0 Å². The van der Waals surface area contributed by atoms with Crippen molar-refractivity contribution in [1.82, 2.24) is 9.78 Å². The highest BCUT2D eigenvalue weighted by molar-refractivity contribution is 6.31. The van der Waals surface area contributed by atoms with E-state index in [1.807, 2.05) is 11.6 Å². The molecular weight excluding hydrogens is 236 g/mol. The van der Waals surface area contributed by atoms with Gasteiger partial charge in [0.2, 0.25) is 0 Å². The quantitative estimate of drug-likeness (QED) is 0.900. The fourth-order valence-electron chi connectivity index (χ4n) is 2.91. The molecule has 3 unspecified atom stereocenters. The summed E-state index contributed by atoms with van der Waals surface area (Å²) in [7, 11) is 0. The van der Waals surface area contributed by atoms with E-state index in [9.17, 15) is 5.11 Å². The molecule has 0 amide bonds. The Balaban J connectivity index is 2.17.